The van der Waals surface area contributed by atoms with Crippen molar-refractivity contribution in [1.29, 1.82) is 0 Å². The quantitative estimate of drug-likeness (QED) is 0.507. The first kappa shape index (κ1) is 16.7. The van der Waals surface area contributed by atoms with Crippen molar-refractivity contribution in [3.8, 4) is 0 Å². The standard InChI is InChI=1S/C17H21N5OS/c1-12(2)22-11-19-14-15(18-10-13-6-4-3-5-7-13)20-17(21-16(14)22)24-9-8-23/h3-7,11-12,23H,8-10H2,1-2H3,(H,18,20,21). The van der Waals surface area contributed by atoms with Gasteiger partial charge < -0.3 is 15.0 Å². The Balaban J connectivity index is 1.94. The lowest BCUT2D eigenvalue weighted by molar-refractivity contribution is 0.322. The van der Waals surface area contributed by atoms with Crippen molar-refractivity contribution in [3.05, 3.63) is 42.2 Å². The van der Waals surface area contributed by atoms with E-state index >= 15 is 0 Å². The van der Waals surface area contributed by atoms with Crippen LogP contribution in [0, 0.1) is 0 Å². The molecule has 24 heavy (non-hydrogen) atoms. The molecule has 0 radical (unpaired) electrons. The van der Waals surface area contributed by atoms with Gasteiger partial charge in [0.05, 0.1) is 12.9 Å². The number of aromatic nitrogens is 4. The number of anilines is 1. The van der Waals surface area contributed by atoms with Gasteiger partial charge >= 0.3 is 0 Å². The Bertz CT molecular complexity index is 803. The molecule has 0 unspecified atom stereocenters. The van der Waals surface area contributed by atoms with Crippen LogP contribution in [0.1, 0.15) is 25.5 Å². The number of aliphatic hydroxyl groups excluding tert-OH is 1. The number of hydrogen-bond acceptors (Lipinski definition) is 6. The van der Waals surface area contributed by atoms with Crippen LogP contribution in [0.5, 0.6) is 0 Å². The number of thioether (sulfide) groups is 1. The van der Waals surface area contributed by atoms with Gasteiger partial charge in [0.15, 0.2) is 22.1 Å². The Morgan fingerprint density at radius 2 is 2.00 bits per heavy atom. The number of nitrogens with one attached hydrogen (secondary N) is 1. The lowest BCUT2D eigenvalue weighted by Crippen LogP contribution is -2.06. The average molecular weight is 343 g/mol. The second-order valence-corrected chi connectivity index (χ2v) is 6.75. The van der Waals surface area contributed by atoms with Crippen LogP contribution in [-0.2, 0) is 6.54 Å². The van der Waals surface area contributed by atoms with Gasteiger partial charge in [-0.2, -0.15) is 0 Å². The van der Waals surface area contributed by atoms with Gasteiger partial charge in [-0.25, -0.2) is 15.0 Å². The smallest absolute Gasteiger partial charge is 0.191 e. The largest absolute Gasteiger partial charge is 0.396 e. The van der Waals surface area contributed by atoms with Crippen LogP contribution in [0.15, 0.2) is 41.8 Å². The van der Waals surface area contributed by atoms with E-state index in [1.54, 1.807) is 6.33 Å². The van der Waals surface area contributed by atoms with Crippen LogP contribution in [0.4, 0.5) is 5.82 Å². The Morgan fingerprint density at radius 1 is 1.21 bits per heavy atom. The summed E-state index contributed by atoms with van der Waals surface area (Å²) in [5.74, 6) is 1.29. The van der Waals surface area contributed by atoms with Gasteiger partial charge in [-0.05, 0) is 19.4 Å². The highest BCUT2D eigenvalue weighted by molar-refractivity contribution is 7.99. The number of rotatable bonds is 7. The molecule has 0 aliphatic rings. The Morgan fingerprint density at radius 3 is 2.71 bits per heavy atom. The number of nitrogens with zero attached hydrogens (tertiary/aromatic N) is 4. The molecule has 0 amide bonds. The molecule has 0 saturated heterocycles. The third kappa shape index (κ3) is 3.68. The van der Waals surface area contributed by atoms with Gasteiger partial charge in [0, 0.05) is 18.3 Å². The second kappa shape index (κ2) is 7.63. The zero-order chi connectivity index (χ0) is 16.9. The van der Waals surface area contributed by atoms with Gasteiger partial charge in [-0.3, -0.25) is 0 Å². The summed E-state index contributed by atoms with van der Waals surface area (Å²) in [5, 5.41) is 13.1. The predicted molar refractivity (Wildman–Crippen MR) is 97.3 cm³/mol. The molecular weight excluding hydrogens is 322 g/mol. The summed E-state index contributed by atoms with van der Waals surface area (Å²) in [7, 11) is 0. The molecule has 6 nitrogen and oxygen atoms in total. The lowest BCUT2D eigenvalue weighted by Gasteiger charge is -2.11. The van der Waals surface area contributed by atoms with Crippen LogP contribution in [0.25, 0.3) is 11.2 Å². The molecule has 0 saturated carbocycles. The zero-order valence-electron chi connectivity index (χ0n) is 13.8. The molecule has 2 heterocycles. The molecule has 3 rings (SSSR count). The first-order chi connectivity index (χ1) is 11.7. The van der Waals surface area contributed by atoms with Crippen LogP contribution in [-0.4, -0.2) is 37.0 Å². The van der Waals surface area contributed by atoms with Crippen LogP contribution in [0.2, 0.25) is 0 Å². The molecule has 2 aromatic heterocycles. The molecule has 0 bridgehead atoms. The number of imidazole rings is 1. The van der Waals surface area contributed by atoms with Crippen LogP contribution >= 0.6 is 11.8 Å². The Hall–Kier alpha value is -2.12. The van der Waals surface area contributed by atoms with E-state index in [1.165, 1.54) is 17.3 Å². The number of fused-ring (bicyclic) bond motifs is 1. The molecule has 0 atom stereocenters. The van der Waals surface area contributed by atoms with Crippen molar-refractivity contribution in [2.45, 2.75) is 31.6 Å². The highest BCUT2D eigenvalue weighted by atomic mass is 32.2. The summed E-state index contributed by atoms with van der Waals surface area (Å²) in [6.45, 7) is 4.97. The van der Waals surface area contributed by atoms with E-state index in [-0.39, 0.29) is 12.6 Å². The van der Waals surface area contributed by atoms with Gasteiger partial charge in [-0.15, -0.1) is 0 Å². The van der Waals surface area contributed by atoms with E-state index in [1.807, 2.05) is 22.8 Å². The predicted octanol–water partition coefficient (Wildman–Crippen LogP) is 3.10. The maximum absolute atomic E-state index is 9.06. The van der Waals surface area contributed by atoms with Crippen molar-refractivity contribution >= 4 is 28.7 Å². The topological polar surface area (TPSA) is 75.9 Å². The molecule has 0 spiro atoms. The van der Waals surface area contributed by atoms with Crippen molar-refractivity contribution in [3.63, 3.8) is 0 Å². The minimum atomic E-state index is 0.0995. The van der Waals surface area contributed by atoms with E-state index in [4.69, 9.17) is 5.11 Å². The molecular formula is C17H21N5OS. The number of hydrogen-bond donors (Lipinski definition) is 2. The summed E-state index contributed by atoms with van der Waals surface area (Å²) in [4.78, 5) is 13.7. The molecule has 3 aromatic rings. The van der Waals surface area contributed by atoms with Crippen molar-refractivity contribution < 1.29 is 5.11 Å². The van der Waals surface area contributed by atoms with Crippen molar-refractivity contribution in [2.75, 3.05) is 17.7 Å². The maximum Gasteiger partial charge on any atom is 0.191 e. The second-order valence-electron chi connectivity index (χ2n) is 5.68. The molecule has 1 aromatic carbocycles. The molecule has 0 aliphatic heterocycles. The van der Waals surface area contributed by atoms with Crippen LogP contribution < -0.4 is 5.32 Å². The highest BCUT2D eigenvalue weighted by Gasteiger charge is 2.15. The third-order valence-electron chi connectivity index (χ3n) is 3.58. The molecule has 2 N–H and O–H groups in total. The molecule has 0 fully saturated rings. The van der Waals surface area contributed by atoms with Gasteiger partial charge in [0.2, 0.25) is 0 Å². The van der Waals surface area contributed by atoms with Gasteiger partial charge in [0.1, 0.15) is 0 Å². The van der Waals surface area contributed by atoms with Gasteiger partial charge in [-0.1, -0.05) is 42.1 Å². The number of aliphatic hydroxyl groups is 1. The van der Waals surface area contributed by atoms with E-state index in [0.717, 1.165) is 17.0 Å². The zero-order valence-corrected chi connectivity index (χ0v) is 14.6. The number of benzene rings is 1. The Kier molecular flexibility index (Phi) is 5.32. The summed E-state index contributed by atoms with van der Waals surface area (Å²) in [5.41, 5.74) is 2.76. The minimum Gasteiger partial charge on any atom is -0.396 e. The van der Waals surface area contributed by atoms with Crippen molar-refractivity contribution in [2.24, 2.45) is 0 Å². The van der Waals surface area contributed by atoms with E-state index in [2.05, 4.69) is 46.2 Å². The average Bonchev–Trinajstić information content (AvgIpc) is 3.03. The summed E-state index contributed by atoms with van der Waals surface area (Å²) in [6.07, 6.45) is 1.80. The minimum absolute atomic E-state index is 0.0995. The van der Waals surface area contributed by atoms with Crippen molar-refractivity contribution in [1.82, 2.24) is 19.5 Å². The molecule has 0 aliphatic carbocycles. The van der Waals surface area contributed by atoms with E-state index in [0.29, 0.717) is 17.5 Å². The highest BCUT2D eigenvalue weighted by Crippen LogP contribution is 2.25. The fraction of sp³-hybridized carbons (Fsp3) is 0.353. The normalized spacial score (nSPS) is 11.3. The summed E-state index contributed by atoms with van der Waals surface area (Å²) < 4.78 is 2.04. The summed E-state index contributed by atoms with van der Waals surface area (Å²) in [6, 6.07) is 10.4. The SMILES string of the molecule is CC(C)n1cnc2c(NCc3ccccc3)nc(SCCO)nc21. The Labute approximate surface area is 145 Å². The third-order valence-corrected chi connectivity index (χ3v) is 4.41. The molecule has 7 heteroatoms. The molecule has 126 valence electrons. The van der Waals surface area contributed by atoms with Gasteiger partial charge in [0.25, 0.3) is 0 Å². The summed E-state index contributed by atoms with van der Waals surface area (Å²) >= 11 is 1.44. The fourth-order valence-corrected chi connectivity index (χ4v) is 2.96. The van der Waals surface area contributed by atoms with Crippen LogP contribution in [0.3, 0.4) is 0 Å². The van der Waals surface area contributed by atoms with E-state index < -0.39 is 0 Å². The maximum atomic E-state index is 9.06. The first-order valence-electron chi connectivity index (χ1n) is 7.95. The van der Waals surface area contributed by atoms with E-state index in [9.17, 15) is 0 Å². The fourth-order valence-electron chi connectivity index (χ4n) is 2.38. The first-order valence-corrected chi connectivity index (χ1v) is 8.93. The lowest BCUT2D eigenvalue weighted by atomic mass is 10.2. The monoisotopic (exact) mass is 343 g/mol.